The molecule has 106 valence electrons. The van der Waals surface area contributed by atoms with Gasteiger partial charge in [0.1, 0.15) is 5.75 Å². The van der Waals surface area contributed by atoms with Crippen LogP contribution in [0.5, 0.6) is 5.75 Å². The Bertz CT molecular complexity index is 959. The molecule has 0 aliphatic heterocycles. The molecule has 0 bridgehead atoms. The molecule has 0 aromatic heterocycles. The molecule has 0 amide bonds. The minimum absolute atomic E-state index is 0.918. The summed E-state index contributed by atoms with van der Waals surface area (Å²) in [6.45, 7) is 0. The van der Waals surface area contributed by atoms with E-state index in [0.29, 0.717) is 0 Å². The third-order valence-corrected chi connectivity index (χ3v) is 4.17. The molecule has 22 heavy (non-hydrogen) atoms. The van der Waals surface area contributed by atoms with Crippen molar-refractivity contribution in [3.05, 3.63) is 78.9 Å². The van der Waals surface area contributed by atoms with E-state index in [4.69, 9.17) is 4.74 Å². The zero-order valence-corrected chi connectivity index (χ0v) is 12.4. The Kier molecular flexibility index (Phi) is 3.05. The summed E-state index contributed by atoms with van der Waals surface area (Å²) in [5.41, 5.74) is 2.46. The summed E-state index contributed by atoms with van der Waals surface area (Å²) in [6, 6.07) is 27.6. The van der Waals surface area contributed by atoms with E-state index in [-0.39, 0.29) is 0 Å². The summed E-state index contributed by atoms with van der Waals surface area (Å²) in [5.74, 6) is 0.918. The number of hydrogen-bond acceptors (Lipinski definition) is 1. The van der Waals surface area contributed by atoms with Gasteiger partial charge in [-0.25, -0.2) is 0 Å². The highest BCUT2D eigenvalue weighted by atomic mass is 16.5. The Balaban J connectivity index is 2.13. The Labute approximate surface area is 129 Å². The molecule has 0 aliphatic carbocycles. The number of fused-ring (bicyclic) bond motifs is 2. The van der Waals surface area contributed by atoms with Crippen LogP contribution in [0, 0.1) is 0 Å². The molecule has 4 rings (SSSR count). The lowest BCUT2D eigenvalue weighted by atomic mass is 9.93. The predicted molar refractivity (Wildman–Crippen MR) is 93.4 cm³/mol. The fourth-order valence-electron chi connectivity index (χ4n) is 3.16. The van der Waals surface area contributed by atoms with E-state index in [1.165, 1.54) is 32.7 Å². The standard InChI is InChI=1S/C21H16O/c1-22-20-14-6-10-16-9-5-13-19(21(16)20)18-12-4-8-15-7-2-3-11-17(15)18/h2-14H,1H3. The maximum Gasteiger partial charge on any atom is 0.127 e. The van der Waals surface area contributed by atoms with Gasteiger partial charge in [0.2, 0.25) is 0 Å². The van der Waals surface area contributed by atoms with Gasteiger partial charge >= 0.3 is 0 Å². The van der Waals surface area contributed by atoms with Crippen molar-refractivity contribution in [1.82, 2.24) is 0 Å². The molecule has 0 saturated carbocycles. The highest BCUT2D eigenvalue weighted by Crippen LogP contribution is 2.38. The molecule has 0 radical (unpaired) electrons. The highest BCUT2D eigenvalue weighted by molar-refractivity contribution is 6.07. The van der Waals surface area contributed by atoms with E-state index in [1.807, 2.05) is 12.1 Å². The summed E-state index contributed by atoms with van der Waals surface area (Å²) >= 11 is 0. The SMILES string of the molecule is COc1cccc2cccc(-c3cccc4ccccc34)c12. The molecule has 0 saturated heterocycles. The van der Waals surface area contributed by atoms with Crippen molar-refractivity contribution in [3.8, 4) is 16.9 Å². The average molecular weight is 284 g/mol. The first-order valence-electron chi connectivity index (χ1n) is 7.42. The minimum Gasteiger partial charge on any atom is -0.496 e. The van der Waals surface area contributed by atoms with Gasteiger partial charge in [0.05, 0.1) is 7.11 Å². The molecule has 0 N–H and O–H groups in total. The molecule has 4 aromatic rings. The van der Waals surface area contributed by atoms with Crippen LogP contribution in [0.4, 0.5) is 0 Å². The van der Waals surface area contributed by atoms with Crippen LogP contribution in [0.3, 0.4) is 0 Å². The number of rotatable bonds is 2. The van der Waals surface area contributed by atoms with Crippen LogP contribution in [0.1, 0.15) is 0 Å². The summed E-state index contributed by atoms with van der Waals surface area (Å²) in [6.07, 6.45) is 0. The van der Waals surface area contributed by atoms with Crippen LogP contribution in [0.15, 0.2) is 78.9 Å². The summed E-state index contributed by atoms with van der Waals surface area (Å²) < 4.78 is 5.60. The first kappa shape index (κ1) is 12.9. The lowest BCUT2D eigenvalue weighted by Crippen LogP contribution is -1.88. The van der Waals surface area contributed by atoms with E-state index in [0.717, 1.165) is 5.75 Å². The molecule has 1 nitrogen and oxygen atoms in total. The van der Waals surface area contributed by atoms with Crippen LogP contribution < -0.4 is 4.74 Å². The molecule has 0 spiro atoms. The molecule has 0 atom stereocenters. The highest BCUT2D eigenvalue weighted by Gasteiger charge is 2.10. The van der Waals surface area contributed by atoms with Gasteiger partial charge in [-0.2, -0.15) is 0 Å². The van der Waals surface area contributed by atoms with Crippen molar-refractivity contribution < 1.29 is 4.74 Å². The van der Waals surface area contributed by atoms with Gasteiger partial charge < -0.3 is 4.74 Å². The second kappa shape index (κ2) is 5.19. The summed E-state index contributed by atoms with van der Waals surface area (Å²) in [4.78, 5) is 0. The maximum atomic E-state index is 5.60. The van der Waals surface area contributed by atoms with Crippen LogP contribution >= 0.6 is 0 Å². The maximum absolute atomic E-state index is 5.60. The Morgan fingerprint density at radius 2 is 1.23 bits per heavy atom. The lowest BCUT2D eigenvalue weighted by molar-refractivity contribution is 0.420. The third kappa shape index (κ3) is 1.94. The van der Waals surface area contributed by atoms with Gasteiger partial charge in [0.25, 0.3) is 0 Å². The second-order valence-electron chi connectivity index (χ2n) is 5.39. The van der Waals surface area contributed by atoms with E-state index < -0.39 is 0 Å². The summed E-state index contributed by atoms with van der Waals surface area (Å²) in [7, 11) is 1.73. The van der Waals surface area contributed by atoms with E-state index in [2.05, 4.69) is 66.7 Å². The number of hydrogen-bond donors (Lipinski definition) is 0. The van der Waals surface area contributed by atoms with Gasteiger partial charge in [-0.3, -0.25) is 0 Å². The van der Waals surface area contributed by atoms with E-state index >= 15 is 0 Å². The normalized spacial score (nSPS) is 11.0. The van der Waals surface area contributed by atoms with Crippen molar-refractivity contribution in [2.24, 2.45) is 0 Å². The monoisotopic (exact) mass is 284 g/mol. The van der Waals surface area contributed by atoms with Crippen LogP contribution in [-0.2, 0) is 0 Å². The topological polar surface area (TPSA) is 9.23 Å². The zero-order valence-electron chi connectivity index (χ0n) is 12.4. The van der Waals surface area contributed by atoms with Gasteiger partial charge in [-0.05, 0) is 33.4 Å². The Morgan fingerprint density at radius 1 is 0.591 bits per heavy atom. The Morgan fingerprint density at radius 3 is 2.05 bits per heavy atom. The zero-order chi connectivity index (χ0) is 14.9. The minimum atomic E-state index is 0.918. The second-order valence-corrected chi connectivity index (χ2v) is 5.39. The summed E-state index contributed by atoms with van der Waals surface area (Å²) in [5, 5.41) is 4.89. The average Bonchev–Trinajstić information content (AvgIpc) is 2.60. The van der Waals surface area contributed by atoms with E-state index in [9.17, 15) is 0 Å². The Hall–Kier alpha value is -2.80. The lowest BCUT2D eigenvalue weighted by Gasteiger charge is -2.13. The van der Waals surface area contributed by atoms with Crippen molar-refractivity contribution in [3.63, 3.8) is 0 Å². The van der Waals surface area contributed by atoms with Gasteiger partial charge in [-0.15, -0.1) is 0 Å². The molecule has 0 aliphatic rings. The van der Waals surface area contributed by atoms with Crippen LogP contribution in [0.2, 0.25) is 0 Å². The fraction of sp³-hybridized carbons (Fsp3) is 0.0476. The first-order valence-corrected chi connectivity index (χ1v) is 7.42. The van der Waals surface area contributed by atoms with E-state index in [1.54, 1.807) is 7.11 Å². The predicted octanol–water partition coefficient (Wildman–Crippen LogP) is 5.67. The molecular weight excluding hydrogens is 268 g/mol. The molecular formula is C21H16O. The van der Waals surface area contributed by atoms with Crippen LogP contribution in [0.25, 0.3) is 32.7 Å². The molecule has 4 aromatic carbocycles. The largest absolute Gasteiger partial charge is 0.496 e. The number of benzene rings is 4. The van der Waals surface area contributed by atoms with Crippen molar-refractivity contribution in [1.29, 1.82) is 0 Å². The molecule has 1 heteroatoms. The van der Waals surface area contributed by atoms with Crippen molar-refractivity contribution in [2.75, 3.05) is 7.11 Å². The van der Waals surface area contributed by atoms with Crippen molar-refractivity contribution in [2.45, 2.75) is 0 Å². The molecule has 0 heterocycles. The number of ether oxygens (including phenoxy) is 1. The van der Waals surface area contributed by atoms with Crippen LogP contribution in [-0.4, -0.2) is 7.11 Å². The van der Waals surface area contributed by atoms with Gasteiger partial charge in [-0.1, -0.05) is 72.8 Å². The third-order valence-electron chi connectivity index (χ3n) is 4.17. The van der Waals surface area contributed by atoms with Crippen molar-refractivity contribution >= 4 is 21.5 Å². The van der Waals surface area contributed by atoms with Gasteiger partial charge in [0, 0.05) is 5.39 Å². The quantitative estimate of drug-likeness (QED) is 0.461. The fourth-order valence-corrected chi connectivity index (χ4v) is 3.16. The number of methoxy groups -OCH3 is 1. The molecule has 0 unspecified atom stereocenters. The molecule has 0 fully saturated rings. The first-order chi connectivity index (χ1) is 10.9. The van der Waals surface area contributed by atoms with Gasteiger partial charge in [0.15, 0.2) is 0 Å². The smallest absolute Gasteiger partial charge is 0.127 e.